The molecule has 2 rings (SSSR count). The molecule has 4 heteroatoms. The third-order valence-electron chi connectivity index (χ3n) is 2.80. The number of aromatic carboxylic acids is 1. The fourth-order valence-corrected chi connectivity index (χ4v) is 1.80. The number of benzene rings is 2. The van der Waals surface area contributed by atoms with Crippen molar-refractivity contribution in [3.05, 3.63) is 70.8 Å². The molecular formula is C16H14O4. The lowest BCUT2D eigenvalue weighted by Gasteiger charge is -2.06. The molecule has 20 heavy (non-hydrogen) atoms. The Morgan fingerprint density at radius 2 is 1.75 bits per heavy atom. The van der Waals surface area contributed by atoms with E-state index in [0.29, 0.717) is 11.1 Å². The molecule has 4 nitrogen and oxygen atoms in total. The quantitative estimate of drug-likeness (QED) is 0.867. The zero-order valence-electron chi connectivity index (χ0n) is 11.0. The lowest BCUT2D eigenvalue weighted by Crippen LogP contribution is -2.06. The third-order valence-corrected chi connectivity index (χ3v) is 2.80. The van der Waals surface area contributed by atoms with Crippen LogP contribution in [0.15, 0.2) is 48.5 Å². The van der Waals surface area contributed by atoms with Crippen LogP contribution in [0.1, 0.15) is 31.8 Å². The van der Waals surface area contributed by atoms with Crippen molar-refractivity contribution >= 4 is 11.9 Å². The highest BCUT2D eigenvalue weighted by atomic mass is 16.5. The van der Waals surface area contributed by atoms with Gasteiger partial charge in [-0.05, 0) is 36.8 Å². The molecule has 0 unspecified atom stereocenters. The Balaban J connectivity index is 2.03. The first-order valence-electron chi connectivity index (χ1n) is 6.12. The van der Waals surface area contributed by atoms with Crippen LogP contribution in [-0.2, 0) is 11.3 Å². The van der Waals surface area contributed by atoms with E-state index in [0.717, 1.165) is 5.56 Å². The minimum absolute atomic E-state index is 0.0495. The summed E-state index contributed by atoms with van der Waals surface area (Å²) in [6.07, 6.45) is 0. The maximum Gasteiger partial charge on any atom is 0.338 e. The Labute approximate surface area is 116 Å². The standard InChI is InChI=1S/C16H14O4/c1-11-4-2-7-14(8-11)16(19)20-10-12-5-3-6-13(9-12)15(17)18/h2-9H,10H2,1H3,(H,17,18). The minimum atomic E-state index is -1.00. The molecule has 0 aromatic heterocycles. The van der Waals surface area contributed by atoms with Gasteiger partial charge >= 0.3 is 11.9 Å². The van der Waals surface area contributed by atoms with Crippen LogP contribution in [0.2, 0.25) is 0 Å². The van der Waals surface area contributed by atoms with Crippen molar-refractivity contribution < 1.29 is 19.4 Å². The van der Waals surface area contributed by atoms with Gasteiger partial charge in [-0.1, -0.05) is 29.8 Å². The summed E-state index contributed by atoms with van der Waals surface area (Å²) in [6.45, 7) is 1.95. The fourth-order valence-electron chi connectivity index (χ4n) is 1.80. The van der Waals surface area contributed by atoms with E-state index in [1.165, 1.54) is 12.1 Å². The Hall–Kier alpha value is -2.62. The predicted molar refractivity (Wildman–Crippen MR) is 73.7 cm³/mol. The maximum atomic E-state index is 11.9. The first kappa shape index (κ1) is 13.8. The zero-order chi connectivity index (χ0) is 14.5. The van der Waals surface area contributed by atoms with E-state index in [1.807, 2.05) is 13.0 Å². The summed E-state index contributed by atoms with van der Waals surface area (Å²) in [4.78, 5) is 22.7. The normalized spacial score (nSPS) is 10.1. The molecule has 102 valence electrons. The number of ether oxygens (including phenoxy) is 1. The number of rotatable bonds is 4. The highest BCUT2D eigenvalue weighted by molar-refractivity contribution is 5.89. The van der Waals surface area contributed by atoms with E-state index < -0.39 is 11.9 Å². The van der Waals surface area contributed by atoms with Crippen LogP contribution in [0.4, 0.5) is 0 Å². The molecule has 1 N–H and O–H groups in total. The number of carboxylic acid groups (broad SMARTS) is 1. The number of hydrogen-bond acceptors (Lipinski definition) is 3. The van der Waals surface area contributed by atoms with Crippen LogP contribution in [0.25, 0.3) is 0 Å². The van der Waals surface area contributed by atoms with Crippen molar-refractivity contribution in [2.45, 2.75) is 13.5 Å². The highest BCUT2D eigenvalue weighted by Crippen LogP contribution is 2.10. The van der Waals surface area contributed by atoms with Crippen LogP contribution in [0.3, 0.4) is 0 Å². The molecule has 0 heterocycles. The summed E-state index contributed by atoms with van der Waals surface area (Å²) >= 11 is 0. The average Bonchev–Trinajstić information content (AvgIpc) is 2.45. The van der Waals surface area contributed by atoms with E-state index in [-0.39, 0.29) is 12.2 Å². The Morgan fingerprint density at radius 1 is 1.05 bits per heavy atom. The van der Waals surface area contributed by atoms with Crippen molar-refractivity contribution in [1.82, 2.24) is 0 Å². The van der Waals surface area contributed by atoms with Gasteiger partial charge in [0.2, 0.25) is 0 Å². The van der Waals surface area contributed by atoms with Gasteiger partial charge in [-0.25, -0.2) is 9.59 Å². The van der Waals surface area contributed by atoms with Crippen molar-refractivity contribution in [1.29, 1.82) is 0 Å². The van der Waals surface area contributed by atoms with Gasteiger partial charge < -0.3 is 9.84 Å². The van der Waals surface area contributed by atoms with Gasteiger partial charge in [-0.15, -0.1) is 0 Å². The van der Waals surface area contributed by atoms with Crippen molar-refractivity contribution in [2.24, 2.45) is 0 Å². The van der Waals surface area contributed by atoms with Gasteiger partial charge in [0.25, 0.3) is 0 Å². The lowest BCUT2D eigenvalue weighted by molar-refractivity contribution is 0.0472. The predicted octanol–water partition coefficient (Wildman–Crippen LogP) is 3.05. The molecule has 0 saturated carbocycles. The third kappa shape index (κ3) is 3.45. The smallest absolute Gasteiger partial charge is 0.338 e. The Kier molecular flexibility index (Phi) is 4.15. The van der Waals surface area contributed by atoms with Crippen LogP contribution >= 0.6 is 0 Å². The summed E-state index contributed by atoms with van der Waals surface area (Å²) < 4.78 is 5.17. The summed E-state index contributed by atoms with van der Waals surface area (Å²) in [5.41, 5.74) is 2.28. The molecule has 0 aliphatic heterocycles. The highest BCUT2D eigenvalue weighted by Gasteiger charge is 2.08. The topological polar surface area (TPSA) is 63.6 Å². The molecule has 0 bridgehead atoms. The number of hydrogen-bond donors (Lipinski definition) is 1. The van der Waals surface area contributed by atoms with E-state index >= 15 is 0 Å². The van der Waals surface area contributed by atoms with Gasteiger partial charge in [0.1, 0.15) is 6.61 Å². The molecule has 0 atom stereocenters. The maximum absolute atomic E-state index is 11.9. The van der Waals surface area contributed by atoms with Gasteiger partial charge in [0, 0.05) is 0 Å². The summed E-state index contributed by atoms with van der Waals surface area (Å²) in [5, 5.41) is 8.89. The van der Waals surface area contributed by atoms with Crippen molar-refractivity contribution in [3.63, 3.8) is 0 Å². The number of carbonyl (C=O) groups excluding carboxylic acids is 1. The van der Waals surface area contributed by atoms with Crippen LogP contribution in [0.5, 0.6) is 0 Å². The number of carboxylic acids is 1. The van der Waals surface area contributed by atoms with Gasteiger partial charge in [0.15, 0.2) is 0 Å². The summed E-state index contributed by atoms with van der Waals surface area (Å²) in [5.74, 6) is -1.42. The summed E-state index contributed by atoms with van der Waals surface area (Å²) in [6, 6.07) is 13.4. The Morgan fingerprint density at radius 3 is 2.45 bits per heavy atom. The molecule has 0 fully saturated rings. The molecular weight excluding hydrogens is 256 g/mol. The van der Waals surface area contributed by atoms with Crippen LogP contribution in [0, 0.1) is 6.92 Å². The average molecular weight is 270 g/mol. The first-order chi connectivity index (χ1) is 9.56. The van der Waals surface area contributed by atoms with Gasteiger partial charge in [0.05, 0.1) is 11.1 Å². The number of aryl methyl sites for hydroxylation is 1. The molecule has 0 saturated heterocycles. The minimum Gasteiger partial charge on any atom is -0.478 e. The van der Waals surface area contributed by atoms with E-state index in [1.54, 1.807) is 30.3 Å². The van der Waals surface area contributed by atoms with Gasteiger partial charge in [-0.3, -0.25) is 0 Å². The van der Waals surface area contributed by atoms with E-state index in [9.17, 15) is 9.59 Å². The van der Waals surface area contributed by atoms with Crippen molar-refractivity contribution in [3.8, 4) is 0 Å². The number of esters is 1. The SMILES string of the molecule is Cc1cccc(C(=O)OCc2cccc(C(=O)O)c2)c1. The molecule has 0 aliphatic carbocycles. The van der Waals surface area contributed by atoms with Gasteiger partial charge in [-0.2, -0.15) is 0 Å². The van der Waals surface area contributed by atoms with Crippen LogP contribution < -0.4 is 0 Å². The summed E-state index contributed by atoms with van der Waals surface area (Å²) in [7, 11) is 0. The van der Waals surface area contributed by atoms with Crippen LogP contribution in [-0.4, -0.2) is 17.0 Å². The second-order valence-electron chi connectivity index (χ2n) is 4.45. The molecule has 0 aliphatic rings. The van der Waals surface area contributed by atoms with E-state index in [2.05, 4.69) is 0 Å². The molecule has 0 spiro atoms. The first-order valence-corrected chi connectivity index (χ1v) is 6.12. The molecule has 0 radical (unpaired) electrons. The molecule has 0 amide bonds. The zero-order valence-corrected chi connectivity index (χ0v) is 11.0. The van der Waals surface area contributed by atoms with E-state index in [4.69, 9.17) is 9.84 Å². The monoisotopic (exact) mass is 270 g/mol. The number of carbonyl (C=O) groups is 2. The second kappa shape index (κ2) is 6.02. The van der Waals surface area contributed by atoms with Crippen molar-refractivity contribution in [2.75, 3.05) is 0 Å². The fraction of sp³-hybridized carbons (Fsp3) is 0.125. The lowest BCUT2D eigenvalue weighted by atomic mass is 10.1. The molecule has 2 aromatic rings. The second-order valence-corrected chi connectivity index (χ2v) is 4.45. The molecule has 2 aromatic carbocycles. The Bertz CT molecular complexity index is 646. The largest absolute Gasteiger partial charge is 0.478 e.